The molecule has 0 aromatic heterocycles. The van der Waals surface area contributed by atoms with E-state index in [0.717, 1.165) is 5.56 Å². The molecule has 1 aromatic rings. The summed E-state index contributed by atoms with van der Waals surface area (Å²) in [6.45, 7) is 5.90. The van der Waals surface area contributed by atoms with Crippen LogP contribution >= 0.6 is 11.6 Å². The Morgan fingerprint density at radius 1 is 1.53 bits per heavy atom. The smallest absolute Gasteiger partial charge is 0.227 e. The van der Waals surface area contributed by atoms with Gasteiger partial charge >= 0.3 is 0 Å². The SMILES string of the molecule is CC(NC(=O)C(C)(C)CN)c1cccc(Cl)c1. The summed E-state index contributed by atoms with van der Waals surface area (Å²) >= 11 is 5.91. The third-order valence-corrected chi connectivity index (χ3v) is 3.06. The Balaban J connectivity index is 2.73. The second-order valence-electron chi connectivity index (χ2n) is 4.84. The summed E-state index contributed by atoms with van der Waals surface area (Å²) in [7, 11) is 0. The molecule has 0 aliphatic carbocycles. The number of nitrogens with one attached hydrogen (secondary N) is 1. The number of hydrogen-bond acceptors (Lipinski definition) is 2. The minimum Gasteiger partial charge on any atom is -0.349 e. The number of halogens is 1. The first-order valence-corrected chi connectivity index (χ1v) is 6.01. The standard InChI is InChI=1S/C13H19ClN2O/c1-9(10-5-4-6-11(14)7-10)16-12(17)13(2,3)8-15/h4-7,9H,8,15H2,1-3H3,(H,16,17). The van der Waals surface area contributed by atoms with Crippen LogP contribution in [0.1, 0.15) is 32.4 Å². The normalized spacial score (nSPS) is 13.2. The molecule has 0 saturated heterocycles. The van der Waals surface area contributed by atoms with Crippen molar-refractivity contribution in [2.45, 2.75) is 26.8 Å². The molecule has 0 bridgehead atoms. The van der Waals surface area contributed by atoms with E-state index < -0.39 is 5.41 Å². The van der Waals surface area contributed by atoms with Gasteiger partial charge in [-0.2, -0.15) is 0 Å². The Labute approximate surface area is 107 Å². The predicted octanol–water partition coefficient (Wildman–Crippen LogP) is 2.50. The molecule has 0 fully saturated rings. The Hall–Kier alpha value is -1.06. The predicted molar refractivity (Wildman–Crippen MR) is 70.8 cm³/mol. The van der Waals surface area contributed by atoms with Crippen molar-refractivity contribution in [3.8, 4) is 0 Å². The third-order valence-electron chi connectivity index (χ3n) is 2.82. The number of carbonyl (C=O) groups excluding carboxylic acids is 1. The highest BCUT2D eigenvalue weighted by molar-refractivity contribution is 6.30. The fourth-order valence-electron chi connectivity index (χ4n) is 1.34. The molecule has 94 valence electrons. The van der Waals surface area contributed by atoms with Crippen LogP contribution in [-0.4, -0.2) is 12.5 Å². The van der Waals surface area contributed by atoms with Gasteiger partial charge in [0.05, 0.1) is 11.5 Å². The Morgan fingerprint density at radius 2 is 2.18 bits per heavy atom. The number of benzene rings is 1. The summed E-state index contributed by atoms with van der Waals surface area (Å²) in [5, 5.41) is 3.61. The lowest BCUT2D eigenvalue weighted by Gasteiger charge is -2.24. The molecule has 0 aliphatic heterocycles. The molecular formula is C13H19ClN2O. The molecule has 4 heteroatoms. The van der Waals surface area contributed by atoms with Crippen LogP contribution in [0.3, 0.4) is 0 Å². The number of carbonyl (C=O) groups is 1. The monoisotopic (exact) mass is 254 g/mol. The van der Waals surface area contributed by atoms with E-state index >= 15 is 0 Å². The Bertz CT molecular complexity index is 404. The fourth-order valence-corrected chi connectivity index (χ4v) is 1.54. The van der Waals surface area contributed by atoms with Crippen molar-refractivity contribution in [3.05, 3.63) is 34.9 Å². The van der Waals surface area contributed by atoms with Gasteiger partial charge in [0.2, 0.25) is 5.91 Å². The Morgan fingerprint density at radius 3 is 2.71 bits per heavy atom. The van der Waals surface area contributed by atoms with E-state index in [9.17, 15) is 4.79 Å². The highest BCUT2D eigenvalue weighted by Crippen LogP contribution is 2.20. The van der Waals surface area contributed by atoms with Crippen molar-refractivity contribution in [2.24, 2.45) is 11.1 Å². The summed E-state index contributed by atoms with van der Waals surface area (Å²) in [5.41, 5.74) is 6.00. The van der Waals surface area contributed by atoms with Crippen LogP contribution in [0.25, 0.3) is 0 Å². The average Bonchev–Trinajstić information content (AvgIpc) is 2.28. The topological polar surface area (TPSA) is 55.1 Å². The summed E-state index contributed by atoms with van der Waals surface area (Å²) in [4.78, 5) is 11.9. The van der Waals surface area contributed by atoms with Gasteiger partial charge in [-0.25, -0.2) is 0 Å². The second kappa shape index (κ2) is 5.52. The summed E-state index contributed by atoms with van der Waals surface area (Å²) in [6, 6.07) is 7.39. The number of rotatable bonds is 4. The molecule has 0 spiro atoms. The molecule has 1 atom stereocenters. The molecule has 1 unspecified atom stereocenters. The first-order chi connectivity index (χ1) is 7.86. The zero-order chi connectivity index (χ0) is 13.1. The zero-order valence-electron chi connectivity index (χ0n) is 10.5. The van der Waals surface area contributed by atoms with E-state index in [-0.39, 0.29) is 11.9 Å². The van der Waals surface area contributed by atoms with Gasteiger partial charge in [-0.15, -0.1) is 0 Å². The van der Waals surface area contributed by atoms with Crippen molar-refractivity contribution in [3.63, 3.8) is 0 Å². The van der Waals surface area contributed by atoms with Gasteiger partial charge in [0.25, 0.3) is 0 Å². The zero-order valence-corrected chi connectivity index (χ0v) is 11.2. The van der Waals surface area contributed by atoms with E-state index in [1.54, 1.807) is 0 Å². The molecule has 1 amide bonds. The van der Waals surface area contributed by atoms with Gasteiger partial charge in [-0.1, -0.05) is 23.7 Å². The minimum atomic E-state index is -0.549. The van der Waals surface area contributed by atoms with Gasteiger partial charge in [0, 0.05) is 11.6 Å². The van der Waals surface area contributed by atoms with Crippen molar-refractivity contribution in [2.75, 3.05) is 6.54 Å². The van der Waals surface area contributed by atoms with E-state index in [1.165, 1.54) is 0 Å². The second-order valence-corrected chi connectivity index (χ2v) is 5.27. The van der Waals surface area contributed by atoms with Gasteiger partial charge in [-0.3, -0.25) is 4.79 Å². The molecule has 1 aromatic carbocycles. The van der Waals surface area contributed by atoms with Crippen LogP contribution in [0.5, 0.6) is 0 Å². The van der Waals surface area contributed by atoms with Crippen LogP contribution in [0.4, 0.5) is 0 Å². The van der Waals surface area contributed by atoms with Crippen molar-refractivity contribution < 1.29 is 4.79 Å². The van der Waals surface area contributed by atoms with Crippen LogP contribution in [0.15, 0.2) is 24.3 Å². The first-order valence-electron chi connectivity index (χ1n) is 5.63. The number of amides is 1. The van der Waals surface area contributed by atoms with E-state index in [2.05, 4.69) is 5.32 Å². The van der Waals surface area contributed by atoms with Crippen molar-refractivity contribution in [1.82, 2.24) is 5.32 Å². The quantitative estimate of drug-likeness (QED) is 0.868. The molecular weight excluding hydrogens is 236 g/mol. The highest BCUT2D eigenvalue weighted by atomic mass is 35.5. The molecule has 0 saturated carbocycles. The van der Waals surface area contributed by atoms with Gasteiger partial charge in [0.1, 0.15) is 0 Å². The highest BCUT2D eigenvalue weighted by Gasteiger charge is 2.26. The van der Waals surface area contributed by atoms with Gasteiger partial charge < -0.3 is 11.1 Å². The van der Waals surface area contributed by atoms with Crippen molar-refractivity contribution in [1.29, 1.82) is 0 Å². The van der Waals surface area contributed by atoms with Crippen LogP contribution in [0, 0.1) is 5.41 Å². The maximum absolute atomic E-state index is 11.9. The van der Waals surface area contributed by atoms with E-state index in [1.807, 2.05) is 45.0 Å². The largest absolute Gasteiger partial charge is 0.349 e. The maximum Gasteiger partial charge on any atom is 0.227 e. The fraction of sp³-hybridized carbons (Fsp3) is 0.462. The van der Waals surface area contributed by atoms with Crippen LogP contribution in [-0.2, 0) is 4.79 Å². The van der Waals surface area contributed by atoms with Gasteiger partial charge in [-0.05, 0) is 38.5 Å². The minimum absolute atomic E-state index is 0.0486. The summed E-state index contributed by atoms with van der Waals surface area (Å²) in [5.74, 6) is -0.0486. The summed E-state index contributed by atoms with van der Waals surface area (Å²) < 4.78 is 0. The molecule has 0 heterocycles. The van der Waals surface area contributed by atoms with Crippen molar-refractivity contribution >= 4 is 17.5 Å². The molecule has 1 rings (SSSR count). The first kappa shape index (κ1) is 14.0. The lowest BCUT2D eigenvalue weighted by Crippen LogP contribution is -2.42. The molecule has 3 nitrogen and oxygen atoms in total. The van der Waals surface area contributed by atoms with Crippen LogP contribution in [0.2, 0.25) is 5.02 Å². The molecule has 0 aliphatic rings. The summed E-state index contributed by atoms with van der Waals surface area (Å²) in [6.07, 6.45) is 0. The van der Waals surface area contributed by atoms with E-state index in [4.69, 9.17) is 17.3 Å². The van der Waals surface area contributed by atoms with Crippen LogP contribution < -0.4 is 11.1 Å². The lowest BCUT2D eigenvalue weighted by atomic mass is 9.92. The molecule has 17 heavy (non-hydrogen) atoms. The lowest BCUT2D eigenvalue weighted by molar-refractivity contribution is -0.129. The number of hydrogen-bond donors (Lipinski definition) is 2. The molecule has 3 N–H and O–H groups in total. The average molecular weight is 255 g/mol. The maximum atomic E-state index is 11.9. The Kier molecular flexibility index (Phi) is 4.54. The number of nitrogens with two attached hydrogens (primary N) is 1. The van der Waals surface area contributed by atoms with E-state index in [0.29, 0.717) is 11.6 Å². The van der Waals surface area contributed by atoms with Gasteiger partial charge in [0.15, 0.2) is 0 Å². The molecule has 0 radical (unpaired) electrons. The third kappa shape index (κ3) is 3.72.